The molecule has 1 aliphatic heterocycles. The maximum absolute atomic E-state index is 6.03. The monoisotopic (exact) mass is 278 g/mol. The molecule has 0 aromatic carbocycles. The quantitative estimate of drug-likeness (QED) is 0.853. The molecular weight excluding hydrogens is 252 g/mol. The highest BCUT2D eigenvalue weighted by Gasteiger charge is 2.30. The topological polar surface area (TPSA) is 63.4 Å². The third-order valence-electron chi connectivity index (χ3n) is 3.86. The van der Waals surface area contributed by atoms with E-state index in [9.17, 15) is 0 Å². The maximum atomic E-state index is 6.03. The minimum Gasteiger partial charge on any atom is -0.383 e. The zero-order chi connectivity index (χ0) is 14.5. The highest BCUT2D eigenvalue weighted by Crippen LogP contribution is 2.26. The van der Waals surface area contributed by atoms with E-state index < -0.39 is 0 Å². The highest BCUT2D eigenvalue weighted by atomic mass is 16.5. The second-order valence-corrected chi connectivity index (χ2v) is 5.51. The fraction of sp³-hybridized carbons (Fsp3) is 0.667. The number of nitrogens with zero attached hydrogens (tertiary/aromatic N) is 2. The third-order valence-corrected chi connectivity index (χ3v) is 3.86. The van der Waals surface area contributed by atoms with E-state index in [0.29, 0.717) is 11.9 Å². The van der Waals surface area contributed by atoms with E-state index in [-0.39, 0.29) is 12.1 Å². The molecule has 2 atom stereocenters. The molecule has 20 heavy (non-hydrogen) atoms. The number of hydrogen-bond donors (Lipinski definition) is 2. The number of nitrogen functional groups attached to an aromatic ring is 1. The average molecular weight is 278 g/mol. The maximum Gasteiger partial charge on any atom is 0.128 e. The van der Waals surface area contributed by atoms with Crippen LogP contribution in [0.3, 0.4) is 0 Å². The van der Waals surface area contributed by atoms with Crippen molar-refractivity contribution in [3.8, 4) is 0 Å². The second-order valence-electron chi connectivity index (χ2n) is 5.51. The summed E-state index contributed by atoms with van der Waals surface area (Å²) < 4.78 is 5.99. The van der Waals surface area contributed by atoms with E-state index in [1.54, 1.807) is 6.20 Å². The molecule has 2 heterocycles. The van der Waals surface area contributed by atoms with Crippen molar-refractivity contribution in [2.24, 2.45) is 0 Å². The lowest BCUT2D eigenvalue weighted by atomic mass is 10.00. The fourth-order valence-corrected chi connectivity index (χ4v) is 2.72. The van der Waals surface area contributed by atoms with Crippen LogP contribution in [0.25, 0.3) is 0 Å². The largest absolute Gasteiger partial charge is 0.383 e. The van der Waals surface area contributed by atoms with Gasteiger partial charge in [0.2, 0.25) is 0 Å². The summed E-state index contributed by atoms with van der Waals surface area (Å²) in [6.07, 6.45) is 1.84. The fourth-order valence-electron chi connectivity index (χ4n) is 2.72. The summed E-state index contributed by atoms with van der Waals surface area (Å²) in [7, 11) is 0. The summed E-state index contributed by atoms with van der Waals surface area (Å²) in [4.78, 5) is 6.65. The predicted octanol–water partition coefficient (Wildman–Crippen LogP) is 1.42. The van der Waals surface area contributed by atoms with Crippen molar-refractivity contribution in [3.63, 3.8) is 0 Å². The van der Waals surface area contributed by atoms with Crippen molar-refractivity contribution in [2.45, 2.75) is 39.0 Å². The molecule has 5 heteroatoms. The number of nitrogens with one attached hydrogen (secondary N) is 1. The summed E-state index contributed by atoms with van der Waals surface area (Å²) in [5.74, 6) is 0.587. The van der Waals surface area contributed by atoms with Crippen LogP contribution in [0.1, 0.15) is 32.4 Å². The van der Waals surface area contributed by atoms with Crippen LogP contribution in [-0.4, -0.2) is 48.3 Å². The van der Waals surface area contributed by atoms with Crippen LogP contribution in [-0.2, 0) is 4.74 Å². The summed E-state index contributed by atoms with van der Waals surface area (Å²) in [5.41, 5.74) is 7.06. The molecule has 1 aliphatic rings. The molecule has 5 nitrogen and oxygen atoms in total. The SMILES string of the molecule is CCNC(c1cccnc1N)C1CN(C(C)C)CCO1. The van der Waals surface area contributed by atoms with Crippen molar-refractivity contribution in [1.82, 2.24) is 15.2 Å². The second kappa shape index (κ2) is 7.02. The summed E-state index contributed by atoms with van der Waals surface area (Å²) in [5, 5.41) is 3.50. The van der Waals surface area contributed by atoms with Gasteiger partial charge in [0.1, 0.15) is 5.82 Å². The van der Waals surface area contributed by atoms with Gasteiger partial charge in [-0.1, -0.05) is 13.0 Å². The van der Waals surface area contributed by atoms with Crippen LogP contribution in [0, 0.1) is 0 Å². The number of ether oxygens (including phenoxy) is 1. The first-order chi connectivity index (χ1) is 9.63. The van der Waals surface area contributed by atoms with Gasteiger partial charge in [0.15, 0.2) is 0 Å². The van der Waals surface area contributed by atoms with Crippen LogP contribution >= 0.6 is 0 Å². The van der Waals surface area contributed by atoms with E-state index in [2.05, 4.69) is 36.0 Å². The average Bonchev–Trinajstić information content (AvgIpc) is 2.46. The summed E-state index contributed by atoms with van der Waals surface area (Å²) in [6.45, 7) is 10.1. The van der Waals surface area contributed by atoms with Gasteiger partial charge in [-0.3, -0.25) is 4.90 Å². The van der Waals surface area contributed by atoms with E-state index in [0.717, 1.165) is 31.8 Å². The lowest BCUT2D eigenvalue weighted by Gasteiger charge is -2.39. The minimum absolute atomic E-state index is 0.0928. The molecule has 1 saturated heterocycles. The Hall–Kier alpha value is -1.17. The molecule has 1 aromatic rings. The Kier molecular flexibility index (Phi) is 5.34. The molecule has 1 fully saturated rings. The van der Waals surface area contributed by atoms with E-state index in [1.807, 2.05) is 12.1 Å². The lowest BCUT2D eigenvalue weighted by Crippen LogP contribution is -2.50. The molecule has 0 bridgehead atoms. The van der Waals surface area contributed by atoms with Gasteiger partial charge in [0.25, 0.3) is 0 Å². The number of nitrogens with two attached hydrogens (primary N) is 1. The molecule has 2 rings (SSSR count). The molecule has 0 aliphatic carbocycles. The number of pyridine rings is 1. The van der Waals surface area contributed by atoms with Gasteiger partial charge in [-0.05, 0) is 26.5 Å². The zero-order valence-corrected chi connectivity index (χ0v) is 12.7. The van der Waals surface area contributed by atoms with Gasteiger partial charge in [-0.2, -0.15) is 0 Å². The smallest absolute Gasteiger partial charge is 0.128 e. The van der Waals surface area contributed by atoms with Crippen molar-refractivity contribution in [3.05, 3.63) is 23.9 Å². The van der Waals surface area contributed by atoms with Crippen LogP contribution in [0.15, 0.2) is 18.3 Å². The molecule has 112 valence electrons. The predicted molar refractivity (Wildman–Crippen MR) is 81.5 cm³/mol. The molecule has 0 amide bonds. The number of likely N-dealkylation sites (N-methyl/N-ethyl adjacent to an activating group) is 1. The number of aromatic nitrogens is 1. The van der Waals surface area contributed by atoms with E-state index >= 15 is 0 Å². The Morgan fingerprint density at radius 3 is 3.00 bits per heavy atom. The first kappa shape index (κ1) is 15.2. The van der Waals surface area contributed by atoms with Crippen LogP contribution < -0.4 is 11.1 Å². The Morgan fingerprint density at radius 1 is 1.55 bits per heavy atom. The molecule has 0 spiro atoms. The van der Waals surface area contributed by atoms with Crippen molar-refractivity contribution >= 4 is 5.82 Å². The van der Waals surface area contributed by atoms with E-state index in [1.165, 1.54) is 0 Å². The number of rotatable bonds is 5. The van der Waals surface area contributed by atoms with Gasteiger partial charge < -0.3 is 15.8 Å². The first-order valence-electron chi connectivity index (χ1n) is 7.43. The Morgan fingerprint density at radius 2 is 2.35 bits per heavy atom. The van der Waals surface area contributed by atoms with Crippen LogP contribution in [0.4, 0.5) is 5.82 Å². The Labute approximate surface area is 121 Å². The summed E-state index contributed by atoms with van der Waals surface area (Å²) in [6, 6.07) is 4.59. The molecule has 0 radical (unpaired) electrons. The Bertz CT molecular complexity index is 424. The summed E-state index contributed by atoms with van der Waals surface area (Å²) >= 11 is 0. The molecular formula is C15H26N4O. The van der Waals surface area contributed by atoms with Gasteiger partial charge >= 0.3 is 0 Å². The number of morpholine rings is 1. The standard InChI is InChI=1S/C15H26N4O/c1-4-17-14(12-6-5-7-18-15(12)16)13-10-19(11(2)3)8-9-20-13/h5-7,11,13-14,17H,4,8-10H2,1-3H3,(H2,16,18). The van der Waals surface area contributed by atoms with Gasteiger partial charge in [0, 0.05) is 30.9 Å². The third kappa shape index (κ3) is 3.48. The van der Waals surface area contributed by atoms with Gasteiger partial charge in [0.05, 0.1) is 18.8 Å². The number of hydrogen-bond acceptors (Lipinski definition) is 5. The molecule has 0 saturated carbocycles. The van der Waals surface area contributed by atoms with E-state index in [4.69, 9.17) is 10.5 Å². The van der Waals surface area contributed by atoms with Gasteiger partial charge in [-0.25, -0.2) is 4.98 Å². The van der Waals surface area contributed by atoms with Crippen molar-refractivity contribution in [1.29, 1.82) is 0 Å². The molecule has 3 N–H and O–H groups in total. The Balaban J connectivity index is 2.18. The van der Waals surface area contributed by atoms with Crippen LogP contribution in [0.5, 0.6) is 0 Å². The van der Waals surface area contributed by atoms with Crippen molar-refractivity contribution in [2.75, 3.05) is 32.0 Å². The highest BCUT2D eigenvalue weighted by molar-refractivity contribution is 5.41. The van der Waals surface area contributed by atoms with Crippen LogP contribution in [0.2, 0.25) is 0 Å². The molecule has 1 aromatic heterocycles. The molecule has 2 unspecified atom stereocenters. The van der Waals surface area contributed by atoms with Gasteiger partial charge in [-0.15, -0.1) is 0 Å². The first-order valence-corrected chi connectivity index (χ1v) is 7.43. The lowest BCUT2D eigenvalue weighted by molar-refractivity contribution is -0.0558. The number of anilines is 1. The zero-order valence-electron chi connectivity index (χ0n) is 12.7. The van der Waals surface area contributed by atoms with Crippen molar-refractivity contribution < 1.29 is 4.74 Å². The minimum atomic E-state index is 0.0928. The normalized spacial score (nSPS) is 22.1.